The molecule has 0 saturated heterocycles. The van der Waals surface area contributed by atoms with E-state index in [9.17, 15) is 19.7 Å². The van der Waals surface area contributed by atoms with Crippen LogP contribution in [0.4, 0.5) is 10.5 Å². The molecule has 24 heavy (non-hydrogen) atoms. The van der Waals surface area contributed by atoms with E-state index in [1.165, 1.54) is 31.4 Å². The van der Waals surface area contributed by atoms with Crippen LogP contribution in [0, 0.1) is 10.1 Å². The van der Waals surface area contributed by atoms with Gasteiger partial charge in [0.25, 0.3) is 5.69 Å². The Morgan fingerprint density at radius 1 is 1.08 bits per heavy atom. The van der Waals surface area contributed by atoms with Crippen molar-refractivity contribution in [2.24, 2.45) is 0 Å². The Kier molecular flexibility index (Phi) is 5.45. The Labute approximate surface area is 137 Å². The third-order valence-corrected chi connectivity index (χ3v) is 3.09. The zero-order valence-electron chi connectivity index (χ0n) is 12.7. The summed E-state index contributed by atoms with van der Waals surface area (Å²) in [5.74, 6) is -0.545. The van der Waals surface area contributed by atoms with Crippen molar-refractivity contribution < 1.29 is 24.0 Å². The Morgan fingerprint density at radius 2 is 1.71 bits per heavy atom. The summed E-state index contributed by atoms with van der Waals surface area (Å²) in [6, 6.07) is 12.5. The molecule has 0 radical (unpaired) electrons. The lowest BCUT2D eigenvalue weighted by atomic mass is 10.1. The SMILES string of the molecule is COC(=O)C(NC(=O)Oc1ccc([N+](=O)[O-])cc1)c1ccccc1. The summed E-state index contributed by atoms with van der Waals surface area (Å²) in [4.78, 5) is 33.8. The minimum atomic E-state index is -1.03. The van der Waals surface area contributed by atoms with Gasteiger partial charge in [-0.15, -0.1) is 0 Å². The van der Waals surface area contributed by atoms with Crippen LogP contribution in [0.3, 0.4) is 0 Å². The summed E-state index contributed by atoms with van der Waals surface area (Å²) in [7, 11) is 1.21. The van der Waals surface area contributed by atoms with E-state index in [2.05, 4.69) is 10.1 Å². The molecule has 8 nitrogen and oxygen atoms in total. The van der Waals surface area contributed by atoms with E-state index in [1.807, 2.05) is 0 Å². The maximum Gasteiger partial charge on any atom is 0.413 e. The van der Waals surface area contributed by atoms with Gasteiger partial charge in [-0.25, -0.2) is 9.59 Å². The number of carbonyl (C=O) groups excluding carboxylic acids is 2. The van der Waals surface area contributed by atoms with Gasteiger partial charge in [-0.1, -0.05) is 30.3 Å². The number of methoxy groups -OCH3 is 1. The minimum absolute atomic E-state index is 0.106. The number of hydrogen-bond donors (Lipinski definition) is 1. The summed E-state index contributed by atoms with van der Waals surface area (Å²) < 4.78 is 9.69. The van der Waals surface area contributed by atoms with Gasteiger partial charge in [0, 0.05) is 12.1 Å². The molecule has 0 aromatic heterocycles. The number of rotatable bonds is 5. The van der Waals surface area contributed by atoms with Crippen LogP contribution in [0.15, 0.2) is 54.6 Å². The van der Waals surface area contributed by atoms with E-state index in [1.54, 1.807) is 30.3 Å². The molecule has 1 atom stereocenters. The molecule has 2 rings (SSSR count). The molecule has 2 aromatic rings. The first-order valence-corrected chi connectivity index (χ1v) is 6.87. The second-order valence-electron chi connectivity index (χ2n) is 4.65. The summed E-state index contributed by atoms with van der Waals surface area (Å²) in [6.45, 7) is 0. The molecule has 0 aliphatic heterocycles. The number of hydrogen-bond acceptors (Lipinski definition) is 6. The highest BCUT2D eigenvalue weighted by Crippen LogP contribution is 2.18. The standard InChI is InChI=1S/C16H14N2O6/c1-23-15(19)14(11-5-3-2-4-6-11)17-16(20)24-13-9-7-12(8-10-13)18(21)22/h2-10,14H,1H3,(H,17,20). The first-order chi connectivity index (χ1) is 11.5. The number of non-ortho nitro benzene ring substituents is 1. The zero-order valence-corrected chi connectivity index (χ0v) is 12.7. The molecule has 0 saturated carbocycles. The van der Waals surface area contributed by atoms with Gasteiger partial charge < -0.3 is 14.8 Å². The van der Waals surface area contributed by atoms with Crippen LogP contribution in [0.1, 0.15) is 11.6 Å². The van der Waals surface area contributed by atoms with Crippen LogP contribution in [-0.2, 0) is 9.53 Å². The highest BCUT2D eigenvalue weighted by atomic mass is 16.6. The lowest BCUT2D eigenvalue weighted by Crippen LogP contribution is -2.36. The number of benzene rings is 2. The minimum Gasteiger partial charge on any atom is -0.467 e. The molecule has 1 amide bonds. The highest BCUT2D eigenvalue weighted by molar-refractivity contribution is 5.83. The average Bonchev–Trinajstić information content (AvgIpc) is 2.60. The van der Waals surface area contributed by atoms with Crippen molar-refractivity contribution in [1.29, 1.82) is 0 Å². The van der Waals surface area contributed by atoms with E-state index in [4.69, 9.17) is 4.74 Å². The van der Waals surface area contributed by atoms with Gasteiger partial charge in [-0.05, 0) is 17.7 Å². The summed E-state index contributed by atoms with van der Waals surface area (Å²) in [6.07, 6.45) is -0.886. The maximum absolute atomic E-state index is 12.0. The molecule has 8 heteroatoms. The lowest BCUT2D eigenvalue weighted by Gasteiger charge is -2.16. The van der Waals surface area contributed by atoms with Crippen LogP contribution in [0.5, 0.6) is 5.75 Å². The van der Waals surface area contributed by atoms with Crippen LogP contribution in [-0.4, -0.2) is 24.1 Å². The quantitative estimate of drug-likeness (QED) is 0.513. The average molecular weight is 330 g/mol. The fourth-order valence-electron chi connectivity index (χ4n) is 1.93. The van der Waals surface area contributed by atoms with Crippen molar-refractivity contribution in [2.75, 3.05) is 7.11 Å². The molecule has 0 spiro atoms. The molecule has 0 fully saturated rings. The van der Waals surface area contributed by atoms with Crippen molar-refractivity contribution in [3.05, 3.63) is 70.3 Å². The summed E-state index contributed by atoms with van der Waals surface area (Å²) in [5, 5.41) is 13.0. The van der Waals surface area contributed by atoms with Crippen molar-refractivity contribution in [3.8, 4) is 5.75 Å². The number of esters is 1. The third-order valence-electron chi connectivity index (χ3n) is 3.09. The molecule has 0 aliphatic carbocycles. The number of amides is 1. The molecule has 2 aromatic carbocycles. The number of carbonyl (C=O) groups is 2. The topological polar surface area (TPSA) is 108 Å². The second-order valence-corrected chi connectivity index (χ2v) is 4.65. The second kappa shape index (κ2) is 7.73. The third kappa shape index (κ3) is 4.29. The first kappa shape index (κ1) is 16.9. The van der Waals surface area contributed by atoms with E-state index in [0.29, 0.717) is 5.56 Å². The van der Waals surface area contributed by atoms with Crippen molar-refractivity contribution in [2.45, 2.75) is 6.04 Å². The fourth-order valence-corrected chi connectivity index (χ4v) is 1.93. The molecular weight excluding hydrogens is 316 g/mol. The monoisotopic (exact) mass is 330 g/mol. The smallest absolute Gasteiger partial charge is 0.413 e. The lowest BCUT2D eigenvalue weighted by molar-refractivity contribution is -0.384. The Bertz CT molecular complexity index is 730. The largest absolute Gasteiger partial charge is 0.467 e. The number of nitrogens with zero attached hydrogens (tertiary/aromatic N) is 1. The van der Waals surface area contributed by atoms with E-state index < -0.39 is 23.0 Å². The first-order valence-electron chi connectivity index (χ1n) is 6.87. The Hall–Kier alpha value is -3.42. The van der Waals surface area contributed by atoms with Gasteiger partial charge in [0.2, 0.25) is 0 Å². The van der Waals surface area contributed by atoms with Crippen molar-refractivity contribution >= 4 is 17.7 Å². The van der Waals surface area contributed by atoms with Gasteiger partial charge in [0.1, 0.15) is 5.75 Å². The molecule has 0 bridgehead atoms. The summed E-state index contributed by atoms with van der Waals surface area (Å²) >= 11 is 0. The van der Waals surface area contributed by atoms with Crippen LogP contribution in [0.25, 0.3) is 0 Å². The molecule has 1 unspecified atom stereocenters. The molecule has 1 N–H and O–H groups in total. The fraction of sp³-hybridized carbons (Fsp3) is 0.125. The van der Waals surface area contributed by atoms with E-state index >= 15 is 0 Å². The highest BCUT2D eigenvalue weighted by Gasteiger charge is 2.24. The van der Waals surface area contributed by atoms with Crippen LogP contribution >= 0.6 is 0 Å². The number of ether oxygens (including phenoxy) is 2. The number of nitro benzene ring substituents is 1. The predicted molar refractivity (Wildman–Crippen MR) is 83.5 cm³/mol. The van der Waals surface area contributed by atoms with Crippen LogP contribution < -0.4 is 10.1 Å². The molecule has 124 valence electrons. The van der Waals surface area contributed by atoms with Gasteiger partial charge >= 0.3 is 12.1 Å². The van der Waals surface area contributed by atoms with Gasteiger partial charge in [-0.3, -0.25) is 10.1 Å². The van der Waals surface area contributed by atoms with Crippen molar-refractivity contribution in [3.63, 3.8) is 0 Å². The Balaban J connectivity index is 2.07. The molecular formula is C16H14N2O6. The number of nitro groups is 1. The summed E-state index contributed by atoms with van der Waals surface area (Å²) in [5.41, 5.74) is 0.407. The van der Waals surface area contributed by atoms with Gasteiger partial charge in [0.05, 0.1) is 12.0 Å². The van der Waals surface area contributed by atoms with Gasteiger partial charge in [0.15, 0.2) is 6.04 Å². The Morgan fingerprint density at radius 3 is 2.25 bits per heavy atom. The van der Waals surface area contributed by atoms with Crippen LogP contribution in [0.2, 0.25) is 0 Å². The van der Waals surface area contributed by atoms with Gasteiger partial charge in [-0.2, -0.15) is 0 Å². The predicted octanol–water partition coefficient (Wildman–Crippen LogP) is 2.60. The number of nitrogens with one attached hydrogen (secondary N) is 1. The van der Waals surface area contributed by atoms with E-state index in [0.717, 1.165) is 0 Å². The zero-order chi connectivity index (χ0) is 17.5. The normalized spacial score (nSPS) is 11.2. The van der Waals surface area contributed by atoms with Crippen molar-refractivity contribution in [1.82, 2.24) is 5.32 Å². The maximum atomic E-state index is 12.0. The molecule has 0 aliphatic rings. The molecule has 0 heterocycles. The van der Waals surface area contributed by atoms with E-state index in [-0.39, 0.29) is 11.4 Å².